The molecule has 0 aliphatic carbocycles. The van der Waals surface area contributed by atoms with Gasteiger partial charge in [0.15, 0.2) is 0 Å². The molecular weight excluding hydrogens is 295 g/mol. The van der Waals surface area contributed by atoms with Crippen molar-refractivity contribution in [2.75, 3.05) is 0 Å². The van der Waals surface area contributed by atoms with Crippen molar-refractivity contribution in [3.05, 3.63) is 33.8 Å². The maximum atomic E-state index is 6.09. The molecule has 0 radical (unpaired) electrons. The van der Waals surface area contributed by atoms with Crippen LogP contribution in [0, 0.1) is 5.92 Å². The fraction of sp³-hybridized carbons (Fsp3) is 0.500. The number of aryl methyl sites for hydroxylation is 1. The highest BCUT2D eigenvalue weighted by molar-refractivity contribution is 9.09. The first-order chi connectivity index (χ1) is 7.00. The molecule has 0 heterocycles. The first-order valence-corrected chi connectivity index (χ1v) is 6.76. The molecular formula is C12H15BrCl2. The van der Waals surface area contributed by atoms with Gasteiger partial charge in [-0.1, -0.05) is 59.0 Å². The summed E-state index contributed by atoms with van der Waals surface area (Å²) in [4.78, 5) is 0.546. The first-order valence-electron chi connectivity index (χ1n) is 5.08. The molecule has 0 bridgehead atoms. The van der Waals surface area contributed by atoms with Gasteiger partial charge in [-0.25, -0.2) is 0 Å². The van der Waals surface area contributed by atoms with Crippen LogP contribution in [-0.2, 0) is 6.42 Å². The SMILES string of the molecule is CC(C)C(Br)CCc1ccc(Cl)cc1Cl. The van der Waals surface area contributed by atoms with E-state index in [2.05, 4.69) is 29.8 Å². The number of benzene rings is 1. The zero-order valence-electron chi connectivity index (χ0n) is 8.93. The van der Waals surface area contributed by atoms with Crippen molar-refractivity contribution in [1.82, 2.24) is 0 Å². The molecule has 0 aromatic heterocycles. The summed E-state index contributed by atoms with van der Waals surface area (Å²) in [6, 6.07) is 5.70. The van der Waals surface area contributed by atoms with Crippen LogP contribution in [0.4, 0.5) is 0 Å². The minimum atomic E-state index is 0.546. The molecule has 0 amide bonds. The van der Waals surface area contributed by atoms with Crippen LogP contribution in [0.5, 0.6) is 0 Å². The van der Waals surface area contributed by atoms with Crippen LogP contribution >= 0.6 is 39.1 Å². The summed E-state index contributed by atoms with van der Waals surface area (Å²) in [5.74, 6) is 0.649. The summed E-state index contributed by atoms with van der Waals surface area (Å²) in [5.41, 5.74) is 1.17. The van der Waals surface area contributed by atoms with Gasteiger partial charge in [0.2, 0.25) is 0 Å². The molecule has 0 saturated carbocycles. The van der Waals surface area contributed by atoms with E-state index < -0.39 is 0 Å². The number of rotatable bonds is 4. The lowest BCUT2D eigenvalue weighted by Gasteiger charge is -2.13. The summed E-state index contributed by atoms with van der Waals surface area (Å²) in [5, 5.41) is 1.47. The summed E-state index contributed by atoms with van der Waals surface area (Å²) >= 11 is 15.6. The van der Waals surface area contributed by atoms with Gasteiger partial charge >= 0.3 is 0 Å². The van der Waals surface area contributed by atoms with E-state index in [1.807, 2.05) is 12.1 Å². The van der Waals surface area contributed by atoms with E-state index in [0.29, 0.717) is 15.8 Å². The third-order valence-corrected chi connectivity index (χ3v) is 4.53. The molecule has 0 aliphatic rings. The zero-order chi connectivity index (χ0) is 11.4. The van der Waals surface area contributed by atoms with Crippen LogP contribution in [0.2, 0.25) is 10.0 Å². The lowest BCUT2D eigenvalue weighted by molar-refractivity contribution is 0.582. The van der Waals surface area contributed by atoms with Gasteiger partial charge in [-0.2, -0.15) is 0 Å². The molecule has 0 aliphatic heterocycles. The Kier molecular flexibility index (Phi) is 5.45. The molecule has 84 valence electrons. The highest BCUT2D eigenvalue weighted by Crippen LogP contribution is 2.25. The number of hydrogen-bond donors (Lipinski definition) is 0. The quantitative estimate of drug-likeness (QED) is 0.658. The van der Waals surface area contributed by atoms with Crippen LogP contribution in [0.25, 0.3) is 0 Å². The van der Waals surface area contributed by atoms with Gasteiger partial charge in [-0.15, -0.1) is 0 Å². The van der Waals surface area contributed by atoms with Gasteiger partial charge in [0.1, 0.15) is 0 Å². The van der Waals surface area contributed by atoms with Crippen LogP contribution in [-0.4, -0.2) is 4.83 Å². The summed E-state index contributed by atoms with van der Waals surface area (Å²) in [7, 11) is 0. The molecule has 0 nitrogen and oxygen atoms in total. The highest BCUT2D eigenvalue weighted by atomic mass is 79.9. The second-order valence-electron chi connectivity index (χ2n) is 4.03. The summed E-state index contributed by atoms with van der Waals surface area (Å²) < 4.78 is 0. The molecule has 1 unspecified atom stereocenters. The van der Waals surface area contributed by atoms with Gasteiger partial charge in [0, 0.05) is 14.9 Å². The summed E-state index contributed by atoms with van der Waals surface area (Å²) in [6.45, 7) is 4.42. The maximum Gasteiger partial charge on any atom is 0.0452 e. The van der Waals surface area contributed by atoms with Crippen molar-refractivity contribution in [1.29, 1.82) is 0 Å². The van der Waals surface area contributed by atoms with Crippen LogP contribution in [0.1, 0.15) is 25.8 Å². The Bertz CT molecular complexity index is 323. The van der Waals surface area contributed by atoms with Gasteiger partial charge in [-0.05, 0) is 36.5 Å². The average Bonchev–Trinajstić information content (AvgIpc) is 2.15. The largest absolute Gasteiger partial charge is 0.0888 e. The zero-order valence-corrected chi connectivity index (χ0v) is 12.0. The number of halogens is 3. The Morgan fingerprint density at radius 2 is 1.93 bits per heavy atom. The molecule has 0 saturated heterocycles. The van der Waals surface area contributed by atoms with Crippen molar-refractivity contribution in [2.24, 2.45) is 5.92 Å². The Morgan fingerprint density at radius 1 is 1.27 bits per heavy atom. The number of alkyl halides is 1. The number of hydrogen-bond acceptors (Lipinski definition) is 0. The molecule has 15 heavy (non-hydrogen) atoms. The maximum absolute atomic E-state index is 6.09. The predicted octanol–water partition coefficient (Wildman–Crippen LogP) is 5.35. The van der Waals surface area contributed by atoms with Crippen LogP contribution in [0.15, 0.2) is 18.2 Å². The van der Waals surface area contributed by atoms with Crippen LogP contribution in [0.3, 0.4) is 0 Å². The van der Waals surface area contributed by atoms with Crippen molar-refractivity contribution in [3.8, 4) is 0 Å². The Morgan fingerprint density at radius 3 is 2.47 bits per heavy atom. The lowest BCUT2D eigenvalue weighted by atomic mass is 10.0. The fourth-order valence-corrected chi connectivity index (χ4v) is 2.08. The standard InChI is InChI=1S/C12H15BrCl2/c1-8(2)11(13)6-4-9-3-5-10(14)7-12(9)15/h3,5,7-8,11H,4,6H2,1-2H3. The van der Waals surface area contributed by atoms with Gasteiger partial charge in [0.25, 0.3) is 0 Å². The molecule has 0 fully saturated rings. The van der Waals surface area contributed by atoms with Crippen molar-refractivity contribution in [3.63, 3.8) is 0 Å². The molecule has 1 aromatic rings. The Hall–Kier alpha value is 0.280. The Balaban J connectivity index is 2.58. The Labute approximate surface area is 110 Å². The van der Waals surface area contributed by atoms with Gasteiger partial charge < -0.3 is 0 Å². The minimum Gasteiger partial charge on any atom is -0.0888 e. The van der Waals surface area contributed by atoms with Gasteiger partial charge in [0.05, 0.1) is 0 Å². The molecule has 0 N–H and O–H groups in total. The van der Waals surface area contributed by atoms with Crippen molar-refractivity contribution in [2.45, 2.75) is 31.5 Å². The highest BCUT2D eigenvalue weighted by Gasteiger charge is 2.10. The van der Waals surface area contributed by atoms with E-state index in [9.17, 15) is 0 Å². The lowest BCUT2D eigenvalue weighted by Crippen LogP contribution is -2.08. The average molecular weight is 310 g/mol. The minimum absolute atomic E-state index is 0.546. The van der Waals surface area contributed by atoms with E-state index in [-0.39, 0.29) is 0 Å². The molecule has 3 heteroatoms. The fourth-order valence-electron chi connectivity index (χ4n) is 1.35. The van der Waals surface area contributed by atoms with E-state index in [0.717, 1.165) is 17.9 Å². The third kappa shape index (κ3) is 4.34. The topological polar surface area (TPSA) is 0 Å². The molecule has 0 spiro atoms. The van der Waals surface area contributed by atoms with Crippen LogP contribution < -0.4 is 0 Å². The smallest absolute Gasteiger partial charge is 0.0452 e. The van der Waals surface area contributed by atoms with E-state index in [1.165, 1.54) is 5.56 Å². The van der Waals surface area contributed by atoms with Crippen molar-refractivity contribution >= 4 is 39.1 Å². The second kappa shape index (κ2) is 6.12. The van der Waals surface area contributed by atoms with E-state index in [1.54, 1.807) is 6.07 Å². The molecule has 1 aromatic carbocycles. The first kappa shape index (κ1) is 13.3. The summed E-state index contributed by atoms with van der Waals surface area (Å²) in [6.07, 6.45) is 2.09. The van der Waals surface area contributed by atoms with Gasteiger partial charge in [-0.3, -0.25) is 0 Å². The third-order valence-electron chi connectivity index (χ3n) is 2.43. The molecule has 1 atom stereocenters. The van der Waals surface area contributed by atoms with E-state index in [4.69, 9.17) is 23.2 Å². The van der Waals surface area contributed by atoms with E-state index >= 15 is 0 Å². The normalized spacial score (nSPS) is 13.2. The monoisotopic (exact) mass is 308 g/mol. The predicted molar refractivity (Wildman–Crippen MR) is 72.3 cm³/mol. The molecule has 1 rings (SSSR count). The van der Waals surface area contributed by atoms with Crippen molar-refractivity contribution < 1.29 is 0 Å². The second-order valence-corrected chi connectivity index (χ2v) is 6.05.